The van der Waals surface area contributed by atoms with Crippen molar-refractivity contribution < 1.29 is 28.0 Å². The minimum absolute atomic E-state index is 0.444. The number of alkyl halides is 3. The van der Waals surface area contributed by atoms with E-state index in [0.717, 1.165) is 18.2 Å². The van der Waals surface area contributed by atoms with Gasteiger partial charge in [-0.1, -0.05) is 0 Å². The molecule has 0 radical (unpaired) electrons. The zero-order chi connectivity index (χ0) is 13.2. The first-order valence-corrected chi connectivity index (χ1v) is 4.28. The topological polar surface area (TPSA) is 80.4 Å². The van der Waals surface area contributed by atoms with Gasteiger partial charge < -0.3 is 5.11 Å². The van der Waals surface area contributed by atoms with Gasteiger partial charge in [0.2, 0.25) is 5.78 Å². The van der Waals surface area contributed by atoms with Crippen LogP contribution in [-0.2, 0) is 11.2 Å². The Morgan fingerprint density at radius 1 is 1.41 bits per heavy atom. The number of hydrogen-bond acceptors (Lipinski definition) is 4. The molecule has 1 rings (SSSR count). The van der Waals surface area contributed by atoms with Crippen molar-refractivity contribution in [3.05, 3.63) is 33.9 Å². The Bertz CT molecular complexity index is 470. The number of aromatic hydroxyl groups is 1. The van der Waals surface area contributed by atoms with Crippen molar-refractivity contribution in [2.45, 2.75) is 12.6 Å². The lowest BCUT2D eigenvalue weighted by Crippen LogP contribution is -2.24. The van der Waals surface area contributed by atoms with E-state index >= 15 is 0 Å². The maximum atomic E-state index is 12.0. The minimum atomic E-state index is -5.06. The van der Waals surface area contributed by atoms with Crippen molar-refractivity contribution in [2.75, 3.05) is 0 Å². The molecule has 0 amide bonds. The van der Waals surface area contributed by atoms with E-state index in [0.29, 0.717) is 0 Å². The first kappa shape index (κ1) is 12.9. The molecule has 92 valence electrons. The number of nitro groups is 1. The standard InChI is InChI=1S/C9H6F3NO4/c10-9(11,12)8(15)4-5-3-6(14)1-2-7(5)13(16)17/h1-3,14H,4H2. The van der Waals surface area contributed by atoms with Crippen LogP contribution in [0.25, 0.3) is 0 Å². The number of Topliss-reactive ketones (excluding diaryl/α,β-unsaturated/α-hetero) is 1. The largest absolute Gasteiger partial charge is 0.508 e. The van der Waals surface area contributed by atoms with E-state index in [1.54, 1.807) is 0 Å². The quantitative estimate of drug-likeness (QED) is 0.656. The average Bonchev–Trinajstić information content (AvgIpc) is 2.15. The van der Waals surface area contributed by atoms with E-state index in [1.807, 2.05) is 0 Å². The summed E-state index contributed by atoms with van der Waals surface area (Å²) in [4.78, 5) is 20.3. The Labute approximate surface area is 92.6 Å². The highest BCUT2D eigenvalue weighted by Crippen LogP contribution is 2.26. The molecular formula is C9H6F3NO4. The lowest BCUT2D eigenvalue weighted by molar-refractivity contribution is -0.385. The van der Waals surface area contributed by atoms with Crippen LogP contribution in [0.4, 0.5) is 18.9 Å². The molecule has 1 N–H and O–H groups in total. The predicted molar refractivity (Wildman–Crippen MR) is 49.5 cm³/mol. The summed E-state index contributed by atoms with van der Waals surface area (Å²) < 4.78 is 36.0. The molecule has 0 unspecified atom stereocenters. The molecule has 0 bridgehead atoms. The van der Waals surface area contributed by atoms with Gasteiger partial charge >= 0.3 is 6.18 Å². The fourth-order valence-electron chi connectivity index (χ4n) is 1.16. The lowest BCUT2D eigenvalue weighted by atomic mass is 10.1. The number of hydrogen-bond donors (Lipinski definition) is 1. The fourth-order valence-corrected chi connectivity index (χ4v) is 1.16. The third-order valence-corrected chi connectivity index (χ3v) is 1.93. The molecule has 0 saturated carbocycles. The smallest absolute Gasteiger partial charge is 0.450 e. The normalized spacial score (nSPS) is 11.2. The van der Waals surface area contributed by atoms with E-state index in [-0.39, 0.29) is 0 Å². The van der Waals surface area contributed by atoms with Crippen molar-refractivity contribution in [3.8, 4) is 5.75 Å². The van der Waals surface area contributed by atoms with Crippen LogP contribution >= 0.6 is 0 Å². The molecule has 0 fully saturated rings. The van der Waals surface area contributed by atoms with Crippen molar-refractivity contribution in [1.29, 1.82) is 0 Å². The molecule has 0 saturated heterocycles. The molecule has 0 aliphatic rings. The Hall–Kier alpha value is -2.12. The molecule has 0 aromatic heterocycles. The number of phenolic OH excluding ortho intramolecular Hbond substituents is 1. The summed E-state index contributed by atoms with van der Waals surface area (Å²) in [5.41, 5.74) is -1.11. The Balaban J connectivity index is 3.09. The van der Waals surface area contributed by atoms with Gasteiger partial charge in [0.1, 0.15) is 5.75 Å². The second-order valence-corrected chi connectivity index (χ2v) is 3.17. The first-order valence-electron chi connectivity index (χ1n) is 4.28. The molecule has 17 heavy (non-hydrogen) atoms. The number of phenols is 1. The van der Waals surface area contributed by atoms with E-state index in [2.05, 4.69) is 0 Å². The summed E-state index contributed by atoms with van der Waals surface area (Å²) in [6, 6.07) is 2.57. The van der Waals surface area contributed by atoms with Crippen LogP contribution in [0, 0.1) is 10.1 Å². The van der Waals surface area contributed by atoms with Crippen molar-refractivity contribution in [3.63, 3.8) is 0 Å². The summed E-state index contributed by atoms with van der Waals surface area (Å²) in [5, 5.41) is 19.5. The molecule has 1 aromatic rings. The number of rotatable bonds is 3. The van der Waals surface area contributed by atoms with E-state index in [9.17, 15) is 28.1 Å². The maximum Gasteiger partial charge on any atom is 0.450 e. The summed E-state index contributed by atoms with van der Waals surface area (Å²) in [7, 11) is 0. The van der Waals surface area contributed by atoms with E-state index < -0.39 is 40.3 Å². The van der Waals surface area contributed by atoms with Crippen molar-refractivity contribution in [2.24, 2.45) is 0 Å². The van der Waals surface area contributed by atoms with Crippen LogP contribution in [-0.4, -0.2) is 22.0 Å². The monoisotopic (exact) mass is 249 g/mol. The van der Waals surface area contributed by atoms with E-state index in [1.165, 1.54) is 0 Å². The second kappa shape index (κ2) is 4.40. The van der Waals surface area contributed by atoms with Crippen LogP contribution in [0.15, 0.2) is 18.2 Å². The van der Waals surface area contributed by atoms with Crippen molar-refractivity contribution >= 4 is 11.5 Å². The zero-order valence-electron chi connectivity index (χ0n) is 8.19. The average molecular weight is 249 g/mol. The van der Waals surface area contributed by atoms with E-state index in [4.69, 9.17) is 5.11 Å². The van der Waals surface area contributed by atoms with Crippen LogP contribution < -0.4 is 0 Å². The third kappa shape index (κ3) is 3.16. The van der Waals surface area contributed by atoms with Gasteiger partial charge in [0.05, 0.1) is 4.92 Å². The molecule has 5 nitrogen and oxygen atoms in total. The number of benzene rings is 1. The molecule has 1 aromatic carbocycles. The molecule has 0 aliphatic heterocycles. The van der Waals surface area contributed by atoms with Gasteiger partial charge in [-0.25, -0.2) is 0 Å². The van der Waals surface area contributed by atoms with Crippen molar-refractivity contribution in [1.82, 2.24) is 0 Å². The number of nitrogens with zero attached hydrogens (tertiary/aromatic N) is 1. The molecule has 8 heteroatoms. The van der Waals surface area contributed by atoms with Gasteiger partial charge in [-0.05, 0) is 12.1 Å². The Kier molecular flexibility index (Phi) is 3.35. The predicted octanol–water partition coefficient (Wildman–Crippen LogP) is 1.97. The highest BCUT2D eigenvalue weighted by atomic mass is 19.4. The second-order valence-electron chi connectivity index (χ2n) is 3.17. The molecule has 0 aliphatic carbocycles. The Morgan fingerprint density at radius 3 is 2.47 bits per heavy atom. The van der Waals surface area contributed by atoms with Gasteiger partial charge in [0.25, 0.3) is 5.69 Å². The highest BCUT2D eigenvalue weighted by Gasteiger charge is 2.38. The first-order chi connectivity index (χ1) is 7.71. The van der Waals surface area contributed by atoms with Gasteiger partial charge in [-0.15, -0.1) is 0 Å². The highest BCUT2D eigenvalue weighted by molar-refractivity contribution is 5.87. The maximum absolute atomic E-state index is 12.0. The number of nitro benzene ring substituents is 1. The summed E-state index contributed by atoms with van der Waals surface area (Å²) >= 11 is 0. The van der Waals surface area contributed by atoms with Gasteiger partial charge in [-0.3, -0.25) is 14.9 Å². The summed E-state index contributed by atoms with van der Waals surface area (Å²) in [6.07, 6.45) is -6.23. The summed E-state index contributed by atoms with van der Waals surface area (Å²) in [5.74, 6) is -2.55. The zero-order valence-corrected chi connectivity index (χ0v) is 8.19. The number of carbonyl (C=O) groups is 1. The molecule has 0 spiro atoms. The van der Waals surface area contributed by atoms with Gasteiger partial charge in [0.15, 0.2) is 0 Å². The molecular weight excluding hydrogens is 243 g/mol. The summed E-state index contributed by atoms with van der Waals surface area (Å²) in [6.45, 7) is 0. The number of carbonyl (C=O) groups excluding carboxylic acids is 1. The third-order valence-electron chi connectivity index (χ3n) is 1.93. The van der Waals surface area contributed by atoms with Crippen LogP contribution in [0.1, 0.15) is 5.56 Å². The van der Waals surface area contributed by atoms with Crippen LogP contribution in [0.5, 0.6) is 5.75 Å². The lowest BCUT2D eigenvalue weighted by Gasteiger charge is -2.06. The molecule has 0 atom stereocenters. The fraction of sp³-hybridized carbons (Fsp3) is 0.222. The SMILES string of the molecule is O=C(Cc1cc(O)ccc1[N+](=O)[O-])C(F)(F)F. The number of halogens is 3. The van der Waals surface area contributed by atoms with Crippen LogP contribution in [0.3, 0.4) is 0 Å². The number of ketones is 1. The minimum Gasteiger partial charge on any atom is -0.508 e. The molecule has 0 heterocycles. The van der Waals surface area contributed by atoms with Crippen LogP contribution in [0.2, 0.25) is 0 Å². The Morgan fingerprint density at radius 2 is 2.00 bits per heavy atom. The van der Waals surface area contributed by atoms with Gasteiger partial charge in [-0.2, -0.15) is 13.2 Å². The van der Waals surface area contributed by atoms with Gasteiger partial charge in [0, 0.05) is 18.1 Å².